The number of thioether (sulfide) groups is 1. The van der Waals surface area contributed by atoms with Crippen molar-refractivity contribution in [3.05, 3.63) is 24.3 Å². The molecule has 0 spiro atoms. The molecule has 0 aromatic heterocycles. The second kappa shape index (κ2) is 6.08. The van der Waals surface area contributed by atoms with E-state index in [0.29, 0.717) is 0 Å². The van der Waals surface area contributed by atoms with E-state index in [1.165, 1.54) is 18.2 Å². The highest BCUT2D eigenvalue weighted by atomic mass is 32.2. The summed E-state index contributed by atoms with van der Waals surface area (Å²) in [7, 11) is -5.34. The summed E-state index contributed by atoms with van der Waals surface area (Å²) in [4.78, 5) is -0.704. The Balaban J connectivity index is 2.34. The van der Waals surface area contributed by atoms with Gasteiger partial charge in [0.1, 0.15) is 0 Å². The molecule has 1 saturated carbocycles. The summed E-state index contributed by atoms with van der Waals surface area (Å²) in [6.45, 7) is 0. The highest BCUT2D eigenvalue weighted by molar-refractivity contribution is 7.99. The fourth-order valence-corrected chi connectivity index (χ4v) is 4.38. The lowest BCUT2D eigenvalue weighted by Crippen LogP contribution is -2.29. The van der Waals surface area contributed by atoms with Crippen LogP contribution in [-0.2, 0) is 9.84 Å². The van der Waals surface area contributed by atoms with Crippen LogP contribution in [0.25, 0.3) is 0 Å². The standard InChI is InChI=1S/C13H16F3NO2S2/c1-20-11-7-4-6-9(11)17-10-5-2-3-8-12(10)21(18,19)13(14,15)16/h2-3,5,8-9,11,17H,4,6-7H2,1H3. The number of nitrogens with one attached hydrogen (secondary N) is 1. The fraction of sp³-hybridized carbons (Fsp3) is 0.538. The maximum Gasteiger partial charge on any atom is 0.501 e. The molecule has 0 radical (unpaired) electrons. The zero-order valence-corrected chi connectivity index (χ0v) is 13.0. The number of anilines is 1. The van der Waals surface area contributed by atoms with Gasteiger partial charge in [-0.2, -0.15) is 24.9 Å². The van der Waals surface area contributed by atoms with Crippen LogP contribution in [-0.4, -0.2) is 31.5 Å². The van der Waals surface area contributed by atoms with E-state index in [0.717, 1.165) is 25.3 Å². The van der Waals surface area contributed by atoms with E-state index >= 15 is 0 Å². The van der Waals surface area contributed by atoms with Crippen LogP contribution in [0.15, 0.2) is 29.2 Å². The van der Waals surface area contributed by atoms with Gasteiger partial charge in [0, 0.05) is 11.3 Å². The number of hydrogen-bond donors (Lipinski definition) is 1. The molecule has 0 aliphatic heterocycles. The van der Waals surface area contributed by atoms with Crippen molar-refractivity contribution in [3.63, 3.8) is 0 Å². The van der Waals surface area contributed by atoms with Gasteiger partial charge >= 0.3 is 5.51 Å². The molecule has 1 aromatic rings. The maximum absolute atomic E-state index is 12.7. The van der Waals surface area contributed by atoms with E-state index in [-0.39, 0.29) is 17.0 Å². The largest absolute Gasteiger partial charge is 0.501 e. The lowest BCUT2D eigenvalue weighted by molar-refractivity contribution is -0.0435. The molecule has 1 aromatic carbocycles. The fourth-order valence-electron chi connectivity index (χ4n) is 2.52. The molecule has 0 bridgehead atoms. The third-order valence-electron chi connectivity index (χ3n) is 3.58. The van der Waals surface area contributed by atoms with Crippen LogP contribution in [0.4, 0.5) is 18.9 Å². The maximum atomic E-state index is 12.7. The van der Waals surface area contributed by atoms with Gasteiger partial charge in [0.2, 0.25) is 0 Å². The van der Waals surface area contributed by atoms with Gasteiger partial charge in [0.05, 0.1) is 10.6 Å². The molecule has 3 nitrogen and oxygen atoms in total. The average molecular weight is 339 g/mol. The van der Waals surface area contributed by atoms with Crippen LogP contribution in [0.1, 0.15) is 19.3 Å². The Hall–Kier alpha value is -0.890. The average Bonchev–Trinajstić information content (AvgIpc) is 2.85. The van der Waals surface area contributed by atoms with E-state index in [1.54, 1.807) is 11.8 Å². The smallest absolute Gasteiger partial charge is 0.380 e. The summed E-state index contributed by atoms with van der Waals surface area (Å²) >= 11 is 1.64. The Kier molecular flexibility index (Phi) is 4.77. The minimum absolute atomic E-state index is 0.00964. The van der Waals surface area contributed by atoms with Gasteiger partial charge in [0.15, 0.2) is 0 Å². The van der Waals surface area contributed by atoms with E-state index in [4.69, 9.17) is 0 Å². The third kappa shape index (κ3) is 3.31. The van der Waals surface area contributed by atoms with Crippen LogP contribution in [0.5, 0.6) is 0 Å². The summed E-state index contributed by atoms with van der Waals surface area (Å²) in [5.41, 5.74) is -5.26. The SMILES string of the molecule is CSC1CCCC1Nc1ccccc1S(=O)(=O)C(F)(F)F. The summed E-state index contributed by atoms with van der Waals surface area (Å²) in [5.74, 6) is 0. The van der Waals surface area contributed by atoms with Crippen molar-refractivity contribution in [2.24, 2.45) is 0 Å². The molecule has 0 amide bonds. The molecule has 1 fully saturated rings. The predicted molar refractivity (Wildman–Crippen MR) is 78.2 cm³/mol. The van der Waals surface area contributed by atoms with Gasteiger partial charge in [-0.05, 0) is 31.2 Å². The van der Waals surface area contributed by atoms with Gasteiger partial charge in [-0.1, -0.05) is 18.6 Å². The molecular formula is C13H16F3NO2S2. The molecular weight excluding hydrogens is 323 g/mol. The second-order valence-corrected chi connectivity index (χ2v) is 7.89. The van der Waals surface area contributed by atoms with Crippen LogP contribution < -0.4 is 5.32 Å². The highest BCUT2D eigenvalue weighted by Gasteiger charge is 2.48. The highest BCUT2D eigenvalue weighted by Crippen LogP contribution is 2.36. The van der Waals surface area contributed by atoms with E-state index in [2.05, 4.69) is 5.32 Å². The van der Waals surface area contributed by atoms with E-state index in [1.807, 2.05) is 6.26 Å². The minimum atomic E-state index is -5.34. The third-order valence-corrected chi connectivity index (χ3v) is 6.29. The van der Waals surface area contributed by atoms with Crippen molar-refractivity contribution in [2.75, 3.05) is 11.6 Å². The Morgan fingerprint density at radius 1 is 1.24 bits per heavy atom. The number of rotatable bonds is 4. The number of benzene rings is 1. The summed E-state index contributed by atoms with van der Waals surface area (Å²) < 4.78 is 61.5. The van der Waals surface area contributed by atoms with Crippen molar-refractivity contribution in [2.45, 2.75) is 41.0 Å². The van der Waals surface area contributed by atoms with Crippen molar-refractivity contribution < 1.29 is 21.6 Å². The molecule has 0 saturated heterocycles. The lowest BCUT2D eigenvalue weighted by Gasteiger charge is -2.22. The minimum Gasteiger partial charge on any atom is -0.380 e. The number of hydrogen-bond acceptors (Lipinski definition) is 4. The summed E-state index contributed by atoms with van der Waals surface area (Å²) in [5, 5.41) is 3.27. The molecule has 1 aliphatic carbocycles. The first-order chi connectivity index (χ1) is 9.77. The number of alkyl halides is 3. The van der Waals surface area contributed by atoms with Crippen molar-refractivity contribution in [1.82, 2.24) is 0 Å². The van der Waals surface area contributed by atoms with Gasteiger partial charge in [-0.25, -0.2) is 8.42 Å². The van der Waals surface area contributed by atoms with Crippen LogP contribution in [0, 0.1) is 0 Å². The van der Waals surface area contributed by atoms with Crippen LogP contribution >= 0.6 is 11.8 Å². The first-order valence-electron chi connectivity index (χ1n) is 6.47. The molecule has 1 N–H and O–H groups in total. The van der Waals surface area contributed by atoms with Gasteiger partial charge in [-0.15, -0.1) is 0 Å². The molecule has 0 heterocycles. The molecule has 8 heteroatoms. The van der Waals surface area contributed by atoms with Gasteiger partial charge in [-0.3, -0.25) is 0 Å². The number of halogens is 3. The second-order valence-electron chi connectivity index (χ2n) is 4.90. The lowest BCUT2D eigenvalue weighted by atomic mass is 10.2. The van der Waals surface area contributed by atoms with E-state index in [9.17, 15) is 21.6 Å². The van der Waals surface area contributed by atoms with E-state index < -0.39 is 20.2 Å². The topological polar surface area (TPSA) is 46.2 Å². The molecule has 1 aliphatic rings. The Morgan fingerprint density at radius 2 is 1.90 bits per heavy atom. The molecule has 2 unspecified atom stereocenters. The Labute approximate surface area is 126 Å². The normalized spacial score (nSPS) is 23.2. The quantitative estimate of drug-likeness (QED) is 0.909. The predicted octanol–water partition coefficient (Wildman–Crippen LogP) is 3.68. The van der Waals surface area contributed by atoms with Crippen molar-refractivity contribution >= 4 is 27.3 Å². The zero-order valence-electron chi connectivity index (χ0n) is 11.4. The van der Waals surface area contributed by atoms with Gasteiger partial charge in [0.25, 0.3) is 9.84 Å². The molecule has 21 heavy (non-hydrogen) atoms. The first-order valence-corrected chi connectivity index (χ1v) is 9.24. The monoisotopic (exact) mass is 339 g/mol. The van der Waals surface area contributed by atoms with Crippen LogP contribution in [0.3, 0.4) is 0 Å². The van der Waals surface area contributed by atoms with Crippen molar-refractivity contribution in [1.29, 1.82) is 0 Å². The Bertz CT molecular complexity index is 602. The summed E-state index contributed by atoms with van der Waals surface area (Å²) in [6.07, 6.45) is 4.74. The molecule has 2 atom stereocenters. The molecule has 2 rings (SSSR count). The van der Waals surface area contributed by atoms with Crippen molar-refractivity contribution in [3.8, 4) is 0 Å². The number of sulfone groups is 1. The molecule has 118 valence electrons. The first kappa shape index (κ1) is 16.5. The van der Waals surface area contributed by atoms with Gasteiger partial charge < -0.3 is 5.32 Å². The Morgan fingerprint density at radius 3 is 2.52 bits per heavy atom. The zero-order chi connectivity index (χ0) is 15.7. The summed E-state index contributed by atoms with van der Waals surface area (Å²) in [6, 6.07) is 5.19. The van der Waals surface area contributed by atoms with Crippen LogP contribution in [0.2, 0.25) is 0 Å². The number of para-hydroxylation sites is 1.